The molecule has 3 N–H and O–H groups in total. The Morgan fingerprint density at radius 3 is 2.71 bits per heavy atom. The van der Waals surface area contributed by atoms with Crippen LogP contribution in [-0.4, -0.2) is 35.2 Å². The molecule has 6 heteroatoms. The third-order valence-corrected chi connectivity index (χ3v) is 5.44. The molecule has 4 nitrogen and oxygen atoms in total. The number of aliphatic hydroxyl groups excluding tert-OH is 1. The Hall–Kier alpha value is -0.470. The number of aliphatic imine (C=N–C) groups is 1. The molecule has 0 saturated heterocycles. The zero-order valence-electron chi connectivity index (χ0n) is 14.6. The lowest BCUT2D eigenvalue weighted by molar-refractivity contribution is 0.280. The Morgan fingerprint density at radius 1 is 1.29 bits per heavy atom. The summed E-state index contributed by atoms with van der Waals surface area (Å²) in [4.78, 5) is 4.71. The van der Waals surface area contributed by atoms with E-state index >= 15 is 0 Å². The molecule has 0 aromatic heterocycles. The van der Waals surface area contributed by atoms with Crippen LogP contribution in [0.15, 0.2) is 29.3 Å². The van der Waals surface area contributed by atoms with Gasteiger partial charge in [0.2, 0.25) is 0 Å². The van der Waals surface area contributed by atoms with Crippen molar-refractivity contribution in [2.45, 2.75) is 57.1 Å². The molecule has 1 aromatic carbocycles. The molecule has 1 aliphatic rings. The molecule has 1 saturated carbocycles. The van der Waals surface area contributed by atoms with Crippen LogP contribution in [0, 0.1) is 0 Å². The van der Waals surface area contributed by atoms with Crippen molar-refractivity contribution in [2.24, 2.45) is 4.99 Å². The van der Waals surface area contributed by atoms with E-state index in [-0.39, 0.29) is 30.6 Å². The van der Waals surface area contributed by atoms with E-state index < -0.39 is 0 Å². The van der Waals surface area contributed by atoms with Crippen molar-refractivity contribution < 1.29 is 5.11 Å². The summed E-state index contributed by atoms with van der Waals surface area (Å²) in [6.45, 7) is 3.59. The predicted molar refractivity (Wildman–Crippen MR) is 115 cm³/mol. The third kappa shape index (κ3) is 6.80. The number of thioether (sulfide) groups is 1. The van der Waals surface area contributed by atoms with Gasteiger partial charge in [-0.1, -0.05) is 30.7 Å². The zero-order valence-corrected chi connectivity index (χ0v) is 17.8. The van der Waals surface area contributed by atoms with Gasteiger partial charge in [0.05, 0.1) is 13.2 Å². The molecule has 1 aliphatic carbocycles. The predicted octanol–water partition coefficient (Wildman–Crippen LogP) is 3.53. The second kappa shape index (κ2) is 12.0. The van der Waals surface area contributed by atoms with Crippen LogP contribution >= 0.6 is 35.7 Å². The number of hydrogen-bond donors (Lipinski definition) is 3. The van der Waals surface area contributed by atoms with Crippen molar-refractivity contribution in [1.29, 1.82) is 0 Å². The lowest BCUT2D eigenvalue weighted by Gasteiger charge is -2.29. The highest BCUT2D eigenvalue weighted by molar-refractivity contribution is 14.0. The molecule has 1 aromatic rings. The Bertz CT molecular complexity index is 513. The maximum Gasteiger partial charge on any atom is 0.191 e. The van der Waals surface area contributed by atoms with E-state index in [1.165, 1.54) is 25.7 Å². The first-order valence-corrected chi connectivity index (χ1v) is 9.80. The smallest absolute Gasteiger partial charge is 0.191 e. The van der Waals surface area contributed by atoms with Gasteiger partial charge >= 0.3 is 0 Å². The number of aliphatic hydroxyl groups is 1. The van der Waals surface area contributed by atoms with Crippen LogP contribution in [0.5, 0.6) is 0 Å². The number of nitrogens with one attached hydrogen (secondary N) is 2. The third-order valence-electron chi connectivity index (χ3n) is 4.34. The Kier molecular flexibility index (Phi) is 10.8. The first-order valence-electron chi connectivity index (χ1n) is 8.52. The van der Waals surface area contributed by atoms with Gasteiger partial charge < -0.3 is 15.7 Å². The summed E-state index contributed by atoms with van der Waals surface area (Å²) < 4.78 is 0. The minimum absolute atomic E-state index is 0. The summed E-state index contributed by atoms with van der Waals surface area (Å²) >= 11 is 1.98. The van der Waals surface area contributed by atoms with Crippen molar-refractivity contribution in [3.05, 3.63) is 35.4 Å². The van der Waals surface area contributed by atoms with Crippen LogP contribution in [0.4, 0.5) is 0 Å². The summed E-state index contributed by atoms with van der Waals surface area (Å²) in [6, 6.07) is 8.44. The number of rotatable bonds is 6. The van der Waals surface area contributed by atoms with Crippen LogP contribution in [0.25, 0.3) is 0 Å². The van der Waals surface area contributed by atoms with E-state index in [2.05, 4.69) is 23.8 Å². The normalized spacial score (nSPS) is 21.0. The fraction of sp³-hybridized carbons (Fsp3) is 0.611. The molecule has 0 heterocycles. The highest BCUT2D eigenvalue weighted by atomic mass is 127. The molecule has 2 unspecified atom stereocenters. The largest absolute Gasteiger partial charge is 0.392 e. The van der Waals surface area contributed by atoms with E-state index in [1.807, 2.05) is 36.0 Å². The quantitative estimate of drug-likeness (QED) is 0.343. The summed E-state index contributed by atoms with van der Waals surface area (Å²) in [7, 11) is 0. The van der Waals surface area contributed by atoms with Gasteiger partial charge in [-0.3, -0.25) is 0 Å². The molecular weight excluding hydrogens is 433 g/mol. The van der Waals surface area contributed by atoms with Gasteiger partial charge in [-0.25, -0.2) is 4.99 Å². The molecule has 1 fully saturated rings. The lowest BCUT2D eigenvalue weighted by Crippen LogP contribution is -2.45. The van der Waals surface area contributed by atoms with Gasteiger partial charge in [0, 0.05) is 17.8 Å². The van der Waals surface area contributed by atoms with Gasteiger partial charge in [-0.2, -0.15) is 11.8 Å². The van der Waals surface area contributed by atoms with Crippen molar-refractivity contribution >= 4 is 41.7 Å². The number of halogens is 1. The number of nitrogens with zero attached hydrogens (tertiary/aromatic N) is 1. The highest BCUT2D eigenvalue weighted by Gasteiger charge is 2.21. The maximum atomic E-state index is 9.42. The average Bonchev–Trinajstić information content (AvgIpc) is 2.60. The Labute approximate surface area is 167 Å². The van der Waals surface area contributed by atoms with E-state index in [4.69, 9.17) is 4.99 Å². The molecule has 136 valence electrons. The van der Waals surface area contributed by atoms with Gasteiger partial charge in [0.1, 0.15) is 0 Å². The molecule has 2 atom stereocenters. The highest BCUT2D eigenvalue weighted by Crippen LogP contribution is 2.26. The minimum atomic E-state index is 0. The molecule has 0 spiro atoms. The number of guanidine groups is 1. The van der Waals surface area contributed by atoms with Crippen LogP contribution in [-0.2, 0) is 13.2 Å². The van der Waals surface area contributed by atoms with Gasteiger partial charge in [-0.15, -0.1) is 24.0 Å². The van der Waals surface area contributed by atoms with Crippen molar-refractivity contribution in [2.75, 3.05) is 12.8 Å². The van der Waals surface area contributed by atoms with E-state index in [9.17, 15) is 5.11 Å². The van der Waals surface area contributed by atoms with Crippen LogP contribution in [0.3, 0.4) is 0 Å². The van der Waals surface area contributed by atoms with Gasteiger partial charge in [-0.05, 0) is 43.6 Å². The zero-order chi connectivity index (χ0) is 16.5. The summed E-state index contributed by atoms with van der Waals surface area (Å²) in [5, 5.41) is 17.1. The Morgan fingerprint density at radius 2 is 2.04 bits per heavy atom. The summed E-state index contributed by atoms with van der Waals surface area (Å²) in [6.07, 6.45) is 7.25. The average molecular weight is 463 g/mol. The van der Waals surface area contributed by atoms with Crippen LogP contribution in [0.1, 0.15) is 43.7 Å². The summed E-state index contributed by atoms with van der Waals surface area (Å²) in [5.74, 6) is 0.881. The number of hydrogen-bond acceptors (Lipinski definition) is 3. The van der Waals surface area contributed by atoms with Gasteiger partial charge in [0.15, 0.2) is 5.96 Å². The van der Waals surface area contributed by atoms with Crippen molar-refractivity contribution in [3.8, 4) is 0 Å². The summed E-state index contributed by atoms with van der Waals surface area (Å²) in [5.41, 5.74) is 2.03. The monoisotopic (exact) mass is 463 g/mol. The first-order chi connectivity index (χ1) is 11.3. The fourth-order valence-corrected chi connectivity index (χ4v) is 3.86. The van der Waals surface area contributed by atoms with Gasteiger partial charge in [0.25, 0.3) is 0 Å². The second-order valence-electron chi connectivity index (χ2n) is 5.99. The second-order valence-corrected chi connectivity index (χ2v) is 7.13. The molecule has 0 amide bonds. The fourth-order valence-electron chi connectivity index (χ4n) is 3.03. The maximum absolute atomic E-state index is 9.42. The van der Waals surface area contributed by atoms with Crippen molar-refractivity contribution in [1.82, 2.24) is 10.6 Å². The lowest BCUT2D eigenvalue weighted by atomic mass is 9.95. The van der Waals surface area contributed by atoms with E-state index in [1.54, 1.807) is 0 Å². The van der Waals surface area contributed by atoms with Crippen LogP contribution in [0.2, 0.25) is 0 Å². The standard InChI is InChI=1S/C18H29N3OS.HI/c1-3-19-18(21-16-9-6-10-17(11-16)23-2)20-12-14-7-4-5-8-15(14)13-22;/h4-5,7-8,16-17,22H,3,6,9-13H2,1-2H3,(H2,19,20,21);1H. The molecule has 2 rings (SSSR count). The number of benzene rings is 1. The molecule has 0 aliphatic heterocycles. The topological polar surface area (TPSA) is 56.7 Å². The SMILES string of the molecule is CCNC(=NCc1ccccc1CO)NC1CCCC(SC)C1.I. The van der Waals surface area contributed by atoms with E-state index in [0.29, 0.717) is 12.6 Å². The first kappa shape index (κ1) is 21.6. The molecular formula is C18H30IN3OS. The van der Waals surface area contributed by atoms with Crippen molar-refractivity contribution in [3.63, 3.8) is 0 Å². The Balaban J connectivity index is 0.00000288. The van der Waals surface area contributed by atoms with E-state index in [0.717, 1.165) is 28.9 Å². The minimum Gasteiger partial charge on any atom is -0.392 e. The molecule has 24 heavy (non-hydrogen) atoms. The molecule has 0 bridgehead atoms. The molecule has 0 radical (unpaired) electrons. The van der Waals surface area contributed by atoms with Crippen LogP contribution < -0.4 is 10.6 Å².